The maximum Gasteiger partial charge on any atom is 0.329 e. The lowest BCUT2D eigenvalue weighted by Gasteiger charge is -2.21. The molecule has 0 aromatic rings. The van der Waals surface area contributed by atoms with Crippen molar-refractivity contribution in [2.75, 3.05) is 20.2 Å². The van der Waals surface area contributed by atoms with Gasteiger partial charge in [0, 0.05) is 7.05 Å². The number of imide groups is 1. The second kappa shape index (κ2) is 7.91. The van der Waals surface area contributed by atoms with Gasteiger partial charge in [-0.2, -0.15) is 0 Å². The Morgan fingerprint density at radius 1 is 1.16 bits per heavy atom. The highest BCUT2D eigenvalue weighted by molar-refractivity contribution is 6.08. The van der Waals surface area contributed by atoms with E-state index in [2.05, 4.69) is 10.6 Å². The minimum atomic E-state index is -1.10. The van der Waals surface area contributed by atoms with Crippen molar-refractivity contribution in [3.63, 3.8) is 0 Å². The fourth-order valence-electron chi connectivity index (χ4n) is 2.89. The van der Waals surface area contributed by atoms with Crippen LogP contribution in [-0.2, 0) is 28.7 Å². The fourth-order valence-corrected chi connectivity index (χ4v) is 2.89. The van der Waals surface area contributed by atoms with Gasteiger partial charge in [0.05, 0.1) is 18.4 Å². The highest BCUT2D eigenvalue weighted by Gasteiger charge is 2.50. The van der Waals surface area contributed by atoms with Crippen LogP contribution in [0.5, 0.6) is 0 Å². The first kappa shape index (κ1) is 18.6. The lowest BCUT2D eigenvalue weighted by molar-refractivity contribution is -0.159. The number of allylic oxidation sites excluding steroid dienone is 2. The zero-order valence-electron chi connectivity index (χ0n) is 14.1. The van der Waals surface area contributed by atoms with Gasteiger partial charge < -0.3 is 15.4 Å². The Bertz CT molecular complexity index is 603. The minimum Gasteiger partial charge on any atom is -0.454 e. The molecule has 0 aromatic heterocycles. The highest BCUT2D eigenvalue weighted by Crippen LogP contribution is 2.36. The van der Waals surface area contributed by atoms with E-state index in [4.69, 9.17) is 4.74 Å². The zero-order valence-corrected chi connectivity index (χ0v) is 14.1. The predicted molar refractivity (Wildman–Crippen MR) is 84.7 cm³/mol. The van der Waals surface area contributed by atoms with Gasteiger partial charge in [0.2, 0.25) is 17.7 Å². The highest BCUT2D eigenvalue weighted by atomic mass is 16.5. The summed E-state index contributed by atoms with van der Waals surface area (Å²) in [5, 5.41) is 4.60. The quantitative estimate of drug-likeness (QED) is 0.350. The lowest BCUT2D eigenvalue weighted by Crippen LogP contribution is -2.45. The molecule has 25 heavy (non-hydrogen) atoms. The average molecular weight is 351 g/mol. The Morgan fingerprint density at radius 3 is 2.24 bits per heavy atom. The van der Waals surface area contributed by atoms with Crippen molar-refractivity contribution in [1.82, 2.24) is 15.5 Å². The van der Waals surface area contributed by atoms with Crippen LogP contribution in [0, 0.1) is 11.8 Å². The smallest absolute Gasteiger partial charge is 0.329 e. The Balaban J connectivity index is 1.87. The van der Waals surface area contributed by atoms with E-state index in [9.17, 15) is 24.0 Å². The maximum atomic E-state index is 12.4. The molecule has 1 aliphatic carbocycles. The number of fused-ring (bicyclic) bond motifs is 1. The molecule has 0 aromatic carbocycles. The molecule has 0 spiro atoms. The topological polar surface area (TPSA) is 122 Å². The first-order valence-corrected chi connectivity index (χ1v) is 8.02. The van der Waals surface area contributed by atoms with E-state index in [1.54, 1.807) is 0 Å². The number of likely N-dealkylation sites (tertiary alicyclic amines) is 1. The normalized spacial score (nSPS) is 23.0. The first-order valence-electron chi connectivity index (χ1n) is 8.02. The molecular formula is C16H21N3O6. The molecule has 3 atom stereocenters. The Morgan fingerprint density at radius 2 is 1.72 bits per heavy atom. The van der Waals surface area contributed by atoms with E-state index in [0.717, 1.165) is 4.90 Å². The van der Waals surface area contributed by atoms with Crippen LogP contribution in [0.3, 0.4) is 0 Å². The number of likely N-dealkylation sites (N-methyl/N-ethyl adjacent to an activating group) is 1. The van der Waals surface area contributed by atoms with Crippen LogP contribution in [0.1, 0.15) is 19.8 Å². The van der Waals surface area contributed by atoms with E-state index in [1.165, 1.54) is 14.0 Å². The number of hydrogen-bond donors (Lipinski definition) is 2. The lowest BCUT2D eigenvalue weighted by atomic mass is 9.85. The summed E-state index contributed by atoms with van der Waals surface area (Å²) in [6, 6.07) is -1.10. The molecule has 2 aliphatic rings. The van der Waals surface area contributed by atoms with Gasteiger partial charge in [-0.1, -0.05) is 12.2 Å². The molecule has 2 rings (SSSR count). The van der Waals surface area contributed by atoms with E-state index < -0.39 is 42.3 Å². The number of esters is 1. The number of amides is 4. The van der Waals surface area contributed by atoms with Gasteiger partial charge in [-0.05, 0) is 19.8 Å². The van der Waals surface area contributed by atoms with Gasteiger partial charge in [-0.25, -0.2) is 4.79 Å². The van der Waals surface area contributed by atoms with E-state index >= 15 is 0 Å². The molecule has 1 aliphatic heterocycles. The van der Waals surface area contributed by atoms with E-state index in [1.807, 2.05) is 12.2 Å². The van der Waals surface area contributed by atoms with Crippen LogP contribution < -0.4 is 10.6 Å². The third kappa shape index (κ3) is 4.04. The van der Waals surface area contributed by atoms with E-state index in [-0.39, 0.29) is 18.4 Å². The molecule has 0 saturated carbocycles. The standard InChI is InChI=1S/C16H21N3O6/c1-9(16(24)25-8-13(21)18-7-12(20)17-2)19-14(22)10-5-3-4-6-11(10)15(19)23/h3-4,9-11H,5-8H2,1-2H3,(H,17,20)(H,18,21)/t9-,10-,11-/m0/s1. The summed E-state index contributed by atoms with van der Waals surface area (Å²) in [6.07, 6.45) is 4.68. The van der Waals surface area contributed by atoms with Crippen molar-refractivity contribution >= 4 is 29.6 Å². The Hall–Kier alpha value is -2.71. The summed E-state index contributed by atoms with van der Waals surface area (Å²) < 4.78 is 4.85. The summed E-state index contributed by atoms with van der Waals surface area (Å²) in [7, 11) is 1.42. The van der Waals surface area contributed by atoms with Crippen molar-refractivity contribution in [2.24, 2.45) is 11.8 Å². The molecule has 136 valence electrons. The third-order valence-corrected chi connectivity index (χ3v) is 4.34. The summed E-state index contributed by atoms with van der Waals surface area (Å²) in [4.78, 5) is 60.3. The van der Waals surface area contributed by atoms with Crippen LogP contribution in [0.15, 0.2) is 12.2 Å². The van der Waals surface area contributed by atoms with Crippen LogP contribution in [-0.4, -0.2) is 60.7 Å². The largest absolute Gasteiger partial charge is 0.454 e. The minimum absolute atomic E-state index is 0.234. The summed E-state index contributed by atoms with van der Waals surface area (Å²) >= 11 is 0. The van der Waals surface area contributed by atoms with Gasteiger partial charge in [-0.3, -0.25) is 24.1 Å². The van der Waals surface area contributed by atoms with Gasteiger partial charge in [0.1, 0.15) is 6.04 Å². The maximum absolute atomic E-state index is 12.4. The van der Waals surface area contributed by atoms with Crippen molar-refractivity contribution in [3.8, 4) is 0 Å². The summed E-state index contributed by atoms with van der Waals surface area (Å²) in [5.41, 5.74) is 0. The molecule has 0 bridgehead atoms. The molecule has 4 amide bonds. The first-order chi connectivity index (χ1) is 11.9. The number of carbonyl (C=O) groups excluding carboxylic acids is 5. The van der Waals surface area contributed by atoms with Crippen molar-refractivity contribution in [2.45, 2.75) is 25.8 Å². The molecule has 9 nitrogen and oxygen atoms in total. The second-order valence-electron chi connectivity index (χ2n) is 5.94. The number of nitrogens with zero attached hydrogens (tertiary/aromatic N) is 1. The van der Waals surface area contributed by atoms with Crippen molar-refractivity contribution in [3.05, 3.63) is 12.2 Å². The van der Waals surface area contributed by atoms with Gasteiger partial charge in [0.15, 0.2) is 6.61 Å². The zero-order chi connectivity index (χ0) is 18.6. The Labute approximate surface area is 144 Å². The monoisotopic (exact) mass is 351 g/mol. The molecule has 0 radical (unpaired) electrons. The van der Waals surface area contributed by atoms with Crippen LogP contribution in [0.2, 0.25) is 0 Å². The number of hydrogen-bond acceptors (Lipinski definition) is 6. The SMILES string of the molecule is CNC(=O)CNC(=O)COC(=O)[C@H](C)N1C(=O)[C@H]2CC=CC[C@@H]2C1=O. The third-order valence-electron chi connectivity index (χ3n) is 4.34. The summed E-state index contributed by atoms with van der Waals surface area (Å²) in [5.74, 6) is -3.50. The average Bonchev–Trinajstić information content (AvgIpc) is 2.88. The molecule has 9 heteroatoms. The summed E-state index contributed by atoms with van der Waals surface area (Å²) in [6.45, 7) is 0.567. The molecule has 1 heterocycles. The number of nitrogens with one attached hydrogen (secondary N) is 2. The molecule has 0 unspecified atom stereocenters. The molecule has 2 N–H and O–H groups in total. The number of rotatable bonds is 6. The molecule has 1 fully saturated rings. The predicted octanol–water partition coefficient (Wildman–Crippen LogP) is -1.27. The van der Waals surface area contributed by atoms with Crippen molar-refractivity contribution < 1.29 is 28.7 Å². The Kier molecular flexibility index (Phi) is 5.89. The molecular weight excluding hydrogens is 330 g/mol. The van der Waals surface area contributed by atoms with Gasteiger partial charge in [0.25, 0.3) is 5.91 Å². The fraction of sp³-hybridized carbons (Fsp3) is 0.562. The van der Waals surface area contributed by atoms with Gasteiger partial charge in [-0.15, -0.1) is 0 Å². The molecule has 1 saturated heterocycles. The van der Waals surface area contributed by atoms with Crippen LogP contribution in [0.4, 0.5) is 0 Å². The van der Waals surface area contributed by atoms with Crippen LogP contribution >= 0.6 is 0 Å². The second-order valence-corrected chi connectivity index (χ2v) is 5.94. The number of ether oxygens (including phenoxy) is 1. The van der Waals surface area contributed by atoms with E-state index in [0.29, 0.717) is 12.8 Å². The van der Waals surface area contributed by atoms with Gasteiger partial charge >= 0.3 is 5.97 Å². The van der Waals surface area contributed by atoms with Crippen molar-refractivity contribution in [1.29, 1.82) is 0 Å². The van der Waals surface area contributed by atoms with Crippen LogP contribution in [0.25, 0.3) is 0 Å². The number of carbonyl (C=O) groups is 5.